The molecule has 1 aliphatic heterocycles. The quantitative estimate of drug-likeness (QED) is 0.499. The number of nitrogens with one attached hydrogen (secondary N) is 3. The maximum absolute atomic E-state index is 8.47. The molecule has 0 aromatic heterocycles. The molecule has 1 saturated carbocycles. The van der Waals surface area contributed by atoms with Crippen LogP contribution in [0, 0.1) is 11.3 Å². The van der Waals surface area contributed by atoms with Gasteiger partial charge in [-0.25, -0.2) is 0 Å². The molecule has 0 aromatic rings. The summed E-state index contributed by atoms with van der Waals surface area (Å²) >= 11 is 0. The molecular weight excluding hydrogens is 272 g/mol. The molecule has 0 saturated heterocycles. The fourth-order valence-corrected chi connectivity index (χ4v) is 2.84. The zero-order valence-corrected chi connectivity index (χ0v) is 13.4. The average molecular weight is 298 g/mol. The van der Waals surface area contributed by atoms with Crippen LogP contribution in [-0.4, -0.2) is 24.5 Å². The van der Waals surface area contributed by atoms with Crippen LogP contribution < -0.4 is 10.6 Å². The van der Waals surface area contributed by atoms with Crippen molar-refractivity contribution in [1.29, 1.82) is 5.41 Å². The van der Waals surface area contributed by atoms with Crippen molar-refractivity contribution in [2.45, 2.75) is 51.5 Å². The van der Waals surface area contributed by atoms with Gasteiger partial charge in [0, 0.05) is 36.2 Å². The van der Waals surface area contributed by atoms with E-state index in [1.165, 1.54) is 6.42 Å². The first kappa shape index (κ1) is 15.1. The lowest BCUT2D eigenvalue weighted by Gasteiger charge is -2.27. The number of fused-ring (bicyclic) bond motifs is 1. The van der Waals surface area contributed by atoms with E-state index >= 15 is 0 Å². The minimum Gasteiger partial charge on any atom is -0.391 e. The van der Waals surface area contributed by atoms with Gasteiger partial charge in [0.05, 0.1) is 17.4 Å². The van der Waals surface area contributed by atoms with Gasteiger partial charge in [-0.1, -0.05) is 25.5 Å². The Hall–Kier alpha value is -1.84. The van der Waals surface area contributed by atoms with Gasteiger partial charge in [0.15, 0.2) is 0 Å². The summed E-state index contributed by atoms with van der Waals surface area (Å²) in [5.74, 6) is 0.451. The highest BCUT2D eigenvalue weighted by molar-refractivity contribution is 6.05. The molecule has 3 aliphatic rings. The number of nitrogens with zero attached hydrogens (tertiary/aromatic N) is 1. The van der Waals surface area contributed by atoms with Crippen LogP contribution in [0.1, 0.15) is 45.4 Å². The third-order valence-corrected chi connectivity index (χ3v) is 4.37. The normalized spacial score (nSPS) is 24.0. The van der Waals surface area contributed by atoms with Crippen LogP contribution in [-0.2, 0) is 0 Å². The maximum Gasteiger partial charge on any atom is 0.0902 e. The van der Waals surface area contributed by atoms with Gasteiger partial charge >= 0.3 is 0 Å². The Kier molecular flexibility index (Phi) is 4.76. The maximum atomic E-state index is 8.47. The Balaban J connectivity index is 1.75. The molecular formula is C18H26N4. The molecule has 1 heterocycles. The number of rotatable bonds is 7. The number of allylic oxidation sites excluding steroid dienone is 2. The number of aliphatic imine (C=N–C) groups is 1. The lowest BCUT2D eigenvalue weighted by atomic mass is 9.97. The van der Waals surface area contributed by atoms with Crippen molar-refractivity contribution in [2.75, 3.05) is 6.54 Å². The lowest BCUT2D eigenvalue weighted by molar-refractivity contribution is 0.719. The monoisotopic (exact) mass is 298 g/mol. The molecule has 0 spiro atoms. The highest BCUT2D eigenvalue weighted by Gasteiger charge is 2.32. The molecule has 22 heavy (non-hydrogen) atoms. The third kappa shape index (κ3) is 3.49. The van der Waals surface area contributed by atoms with Gasteiger partial charge in [-0.15, -0.1) is 0 Å². The molecule has 4 nitrogen and oxygen atoms in total. The lowest BCUT2D eigenvalue weighted by Crippen LogP contribution is -2.39. The summed E-state index contributed by atoms with van der Waals surface area (Å²) < 4.78 is 0. The van der Waals surface area contributed by atoms with Crippen LogP contribution in [0.2, 0.25) is 0 Å². The molecule has 0 radical (unpaired) electrons. The van der Waals surface area contributed by atoms with Crippen LogP contribution in [0.15, 0.2) is 40.3 Å². The molecule has 4 heteroatoms. The summed E-state index contributed by atoms with van der Waals surface area (Å²) in [6.45, 7) is 3.16. The zero-order chi connectivity index (χ0) is 15.4. The van der Waals surface area contributed by atoms with E-state index in [-0.39, 0.29) is 6.04 Å². The van der Waals surface area contributed by atoms with E-state index in [9.17, 15) is 0 Å². The number of unbranched alkanes of at least 4 members (excludes halogenated alkanes) is 1. The summed E-state index contributed by atoms with van der Waals surface area (Å²) in [6, 6.07) is 0.0173. The Labute approximate surface area is 133 Å². The van der Waals surface area contributed by atoms with E-state index in [2.05, 4.69) is 34.7 Å². The van der Waals surface area contributed by atoms with Crippen molar-refractivity contribution in [3.63, 3.8) is 0 Å². The SMILES string of the molecule is CCCCN/C=C(\C(=N)C1CC1)C1C=NC2=CCCC=C2N1. The Morgan fingerprint density at radius 1 is 1.41 bits per heavy atom. The fourth-order valence-electron chi connectivity index (χ4n) is 2.84. The number of hydrogen-bond acceptors (Lipinski definition) is 4. The Morgan fingerprint density at radius 3 is 3.00 bits per heavy atom. The van der Waals surface area contributed by atoms with Crippen molar-refractivity contribution >= 4 is 11.9 Å². The van der Waals surface area contributed by atoms with E-state index in [4.69, 9.17) is 5.41 Å². The minimum atomic E-state index is 0.0173. The summed E-state index contributed by atoms with van der Waals surface area (Å²) in [7, 11) is 0. The van der Waals surface area contributed by atoms with Crippen LogP contribution in [0.5, 0.6) is 0 Å². The second-order valence-electron chi connectivity index (χ2n) is 6.28. The van der Waals surface area contributed by atoms with Crippen molar-refractivity contribution in [3.8, 4) is 0 Å². The first-order valence-electron chi connectivity index (χ1n) is 8.53. The summed E-state index contributed by atoms with van der Waals surface area (Å²) in [5.41, 5.74) is 4.00. The second kappa shape index (κ2) is 6.95. The first-order valence-corrected chi connectivity index (χ1v) is 8.53. The van der Waals surface area contributed by atoms with Gasteiger partial charge in [-0.2, -0.15) is 0 Å². The minimum absolute atomic E-state index is 0.0173. The smallest absolute Gasteiger partial charge is 0.0902 e. The van der Waals surface area contributed by atoms with Crippen molar-refractivity contribution in [3.05, 3.63) is 35.3 Å². The number of hydrogen-bond donors (Lipinski definition) is 3. The van der Waals surface area contributed by atoms with Gasteiger partial charge in [0.25, 0.3) is 0 Å². The standard InChI is InChI=1S/C18H26N4/c1-2-3-10-20-11-14(18(19)13-8-9-13)17-12-21-15-6-4-5-7-16(15)22-17/h6-7,11-13,17,19-20,22H,2-5,8-10H2,1H3/b14-11-,19-18?. The van der Waals surface area contributed by atoms with E-state index in [1.807, 2.05) is 12.4 Å². The predicted octanol–water partition coefficient (Wildman–Crippen LogP) is 3.29. The van der Waals surface area contributed by atoms with E-state index < -0.39 is 0 Å². The summed E-state index contributed by atoms with van der Waals surface area (Å²) in [6.07, 6.45) is 15.2. The Morgan fingerprint density at radius 2 is 2.23 bits per heavy atom. The molecule has 0 aromatic carbocycles. The summed E-state index contributed by atoms with van der Waals surface area (Å²) in [5, 5.41) is 15.4. The van der Waals surface area contributed by atoms with Crippen molar-refractivity contribution in [1.82, 2.24) is 10.6 Å². The van der Waals surface area contributed by atoms with Gasteiger partial charge < -0.3 is 16.0 Å². The molecule has 1 unspecified atom stereocenters. The molecule has 1 atom stereocenters. The van der Waals surface area contributed by atoms with Crippen LogP contribution in [0.4, 0.5) is 0 Å². The molecule has 3 rings (SSSR count). The van der Waals surface area contributed by atoms with E-state index in [0.717, 1.165) is 61.3 Å². The van der Waals surface area contributed by atoms with Gasteiger partial charge in [-0.3, -0.25) is 4.99 Å². The van der Waals surface area contributed by atoms with Gasteiger partial charge in [-0.05, 0) is 32.1 Å². The summed E-state index contributed by atoms with van der Waals surface area (Å²) in [4.78, 5) is 4.60. The van der Waals surface area contributed by atoms with Crippen LogP contribution in [0.3, 0.4) is 0 Å². The molecule has 1 fully saturated rings. The highest BCUT2D eigenvalue weighted by atomic mass is 15.0. The van der Waals surface area contributed by atoms with E-state index in [0.29, 0.717) is 5.92 Å². The van der Waals surface area contributed by atoms with Crippen molar-refractivity contribution < 1.29 is 0 Å². The molecule has 2 aliphatic carbocycles. The highest BCUT2D eigenvalue weighted by Crippen LogP contribution is 2.34. The largest absolute Gasteiger partial charge is 0.391 e. The molecule has 0 amide bonds. The zero-order valence-electron chi connectivity index (χ0n) is 13.4. The first-order chi connectivity index (χ1) is 10.8. The molecule has 0 bridgehead atoms. The molecule has 3 N–H and O–H groups in total. The third-order valence-electron chi connectivity index (χ3n) is 4.37. The van der Waals surface area contributed by atoms with Crippen LogP contribution >= 0.6 is 0 Å². The average Bonchev–Trinajstić information content (AvgIpc) is 3.39. The molecule has 118 valence electrons. The fraction of sp³-hybridized carbons (Fsp3) is 0.556. The second-order valence-corrected chi connectivity index (χ2v) is 6.28. The van der Waals surface area contributed by atoms with E-state index in [1.54, 1.807) is 0 Å². The van der Waals surface area contributed by atoms with Gasteiger partial charge in [0.2, 0.25) is 0 Å². The van der Waals surface area contributed by atoms with Gasteiger partial charge in [0.1, 0.15) is 0 Å². The van der Waals surface area contributed by atoms with Crippen molar-refractivity contribution in [2.24, 2.45) is 10.9 Å². The predicted molar refractivity (Wildman–Crippen MR) is 92.3 cm³/mol. The topological polar surface area (TPSA) is 60.3 Å². The Bertz CT molecular complexity index is 549. The van der Waals surface area contributed by atoms with Crippen LogP contribution in [0.25, 0.3) is 0 Å².